The molecule has 0 aliphatic carbocycles. The molecule has 0 heterocycles. The Labute approximate surface area is 151 Å². The van der Waals surface area contributed by atoms with Crippen LogP contribution in [0.1, 0.15) is 88.5 Å². The van der Waals surface area contributed by atoms with Gasteiger partial charge in [-0.05, 0) is 48.5 Å². The normalized spacial score (nSPS) is 19.2. The van der Waals surface area contributed by atoms with Crippen molar-refractivity contribution in [1.82, 2.24) is 5.32 Å². The third kappa shape index (κ3) is 5.19. The van der Waals surface area contributed by atoms with E-state index in [-0.39, 0.29) is 28.1 Å². The number of hydrogen-bond donors (Lipinski definition) is 3. The SMILES string of the molecule is CC[C@@](O)(C(C)C)C(C)(C)CCC(C)(C)[C@H](C(O)NC)C(C)(C)C. The monoisotopic (exact) mass is 343 g/mol. The Hall–Kier alpha value is -0.120. The summed E-state index contributed by atoms with van der Waals surface area (Å²) in [5, 5.41) is 24.8. The van der Waals surface area contributed by atoms with E-state index in [4.69, 9.17) is 0 Å². The second kappa shape index (κ2) is 8.05. The van der Waals surface area contributed by atoms with Crippen molar-refractivity contribution in [2.24, 2.45) is 28.1 Å². The van der Waals surface area contributed by atoms with Gasteiger partial charge in [-0.25, -0.2) is 0 Å². The lowest BCUT2D eigenvalue weighted by Gasteiger charge is -2.49. The van der Waals surface area contributed by atoms with E-state index in [1.54, 1.807) is 0 Å². The third-order valence-electron chi connectivity index (χ3n) is 6.45. The molecule has 0 rings (SSSR count). The van der Waals surface area contributed by atoms with Crippen molar-refractivity contribution in [3.05, 3.63) is 0 Å². The predicted octanol–water partition coefficient (Wildman–Crippen LogP) is 4.82. The highest BCUT2D eigenvalue weighted by Gasteiger charge is 2.47. The number of hydrogen-bond acceptors (Lipinski definition) is 3. The molecule has 3 N–H and O–H groups in total. The first-order valence-corrected chi connectivity index (χ1v) is 9.64. The van der Waals surface area contributed by atoms with Crippen molar-refractivity contribution in [3.63, 3.8) is 0 Å². The fourth-order valence-electron chi connectivity index (χ4n) is 4.91. The van der Waals surface area contributed by atoms with Crippen LogP contribution >= 0.6 is 0 Å². The zero-order chi connectivity index (χ0) is 19.6. The highest BCUT2D eigenvalue weighted by atomic mass is 16.3. The van der Waals surface area contributed by atoms with E-state index in [0.29, 0.717) is 0 Å². The minimum Gasteiger partial charge on any atom is -0.389 e. The molecule has 0 aliphatic rings. The van der Waals surface area contributed by atoms with Crippen LogP contribution in [0.3, 0.4) is 0 Å². The van der Waals surface area contributed by atoms with Crippen LogP contribution in [-0.4, -0.2) is 29.1 Å². The van der Waals surface area contributed by atoms with Gasteiger partial charge in [0.25, 0.3) is 0 Å². The smallest absolute Gasteiger partial charge is 0.108 e. The lowest BCUT2D eigenvalue weighted by Crippen LogP contribution is -2.51. The Balaban J connectivity index is 5.42. The van der Waals surface area contributed by atoms with Crippen LogP contribution in [-0.2, 0) is 0 Å². The van der Waals surface area contributed by atoms with E-state index < -0.39 is 11.8 Å². The molecular weight excluding hydrogens is 298 g/mol. The molecule has 0 bridgehead atoms. The van der Waals surface area contributed by atoms with Crippen LogP contribution in [0.5, 0.6) is 0 Å². The molecule has 3 atom stereocenters. The molecule has 0 spiro atoms. The van der Waals surface area contributed by atoms with E-state index in [2.05, 4.69) is 74.6 Å². The van der Waals surface area contributed by atoms with E-state index in [1.165, 1.54) is 0 Å². The summed E-state index contributed by atoms with van der Waals surface area (Å²) in [6.45, 7) is 21.8. The summed E-state index contributed by atoms with van der Waals surface area (Å²) < 4.78 is 0. The second-order valence-corrected chi connectivity index (χ2v) is 10.4. The second-order valence-electron chi connectivity index (χ2n) is 10.4. The molecule has 0 aliphatic heterocycles. The van der Waals surface area contributed by atoms with Crippen LogP contribution in [0.4, 0.5) is 0 Å². The molecular formula is C21H45NO2. The van der Waals surface area contributed by atoms with Crippen LogP contribution in [0, 0.1) is 28.1 Å². The number of aliphatic hydroxyl groups is 2. The summed E-state index contributed by atoms with van der Waals surface area (Å²) >= 11 is 0. The first-order chi connectivity index (χ1) is 10.6. The van der Waals surface area contributed by atoms with Gasteiger partial charge < -0.3 is 10.2 Å². The molecule has 24 heavy (non-hydrogen) atoms. The average molecular weight is 344 g/mol. The van der Waals surface area contributed by atoms with Gasteiger partial charge in [-0.1, -0.05) is 69.2 Å². The Morgan fingerprint density at radius 2 is 1.38 bits per heavy atom. The number of rotatable bonds is 9. The van der Waals surface area contributed by atoms with E-state index >= 15 is 0 Å². The molecule has 0 aromatic heterocycles. The van der Waals surface area contributed by atoms with Gasteiger partial charge in [-0.15, -0.1) is 0 Å². The van der Waals surface area contributed by atoms with Crippen molar-refractivity contribution in [2.75, 3.05) is 7.05 Å². The average Bonchev–Trinajstić information content (AvgIpc) is 2.42. The summed E-state index contributed by atoms with van der Waals surface area (Å²) in [5.74, 6) is 0.349. The quantitative estimate of drug-likeness (QED) is 0.526. The molecule has 3 nitrogen and oxygen atoms in total. The van der Waals surface area contributed by atoms with Crippen molar-refractivity contribution in [2.45, 2.75) is 100 Å². The van der Waals surface area contributed by atoms with Gasteiger partial charge in [0.05, 0.1) is 5.60 Å². The molecule has 0 aromatic rings. The fourth-order valence-corrected chi connectivity index (χ4v) is 4.91. The van der Waals surface area contributed by atoms with Crippen molar-refractivity contribution in [3.8, 4) is 0 Å². The van der Waals surface area contributed by atoms with Crippen molar-refractivity contribution in [1.29, 1.82) is 0 Å². The minimum absolute atomic E-state index is 0.00478. The van der Waals surface area contributed by atoms with Crippen LogP contribution in [0.2, 0.25) is 0 Å². The van der Waals surface area contributed by atoms with Gasteiger partial charge in [0.1, 0.15) is 6.23 Å². The first-order valence-electron chi connectivity index (χ1n) is 9.64. The molecule has 0 radical (unpaired) electrons. The Morgan fingerprint density at radius 1 is 0.917 bits per heavy atom. The van der Waals surface area contributed by atoms with Gasteiger partial charge in [-0.3, -0.25) is 5.32 Å². The number of nitrogens with one attached hydrogen (secondary N) is 1. The molecule has 0 amide bonds. The highest BCUT2D eigenvalue weighted by molar-refractivity contribution is 4.97. The Morgan fingerprint density at radius 3 is 1.67 bits per heavy atom. The van der Waals surface area contributed by atoms with Gasteiger partial charge in [0, 0.05) is 5.92 Å². The van der Waals surface area contributed by atoms with Crippen LogP contribution in [0.15, 0.2) is 0 Å². The fraction of sp³-hybridized carbons (Fsp3) is 1.00. The molecule has 146 valence electrons. The maximum atomic E-state index is 11.2. The highest BCUT2D eigenvalue weighted by Crippen LogP contribution is 2.49. The van der Waals surface area contributed by atoms with Crippen LogP contribution in [0.25, 0.3) is 0 Å². The first kappa shape index (κ1) is 23.9. The zero-order valence-corrected chi connectivity index (χ0v) is 18.2. The predicted molar refractivity (Wildman–Crippen MR) is 105 cm³/mol. The van der Waals surface area contributed by atoms with Gasteiger partial charge >= 0.3 is 0 Å². The van der Waals surface area contributed by atoms with Crippen LogP contribution < -0.4 is 5.32 Å². The molecule has 0 fully saturated rings. The van der Waals surface area contributed by atoms with Gasteiger partial charge in [0.15, 0.2) is 0 Å². The summed E-state index contributed by atoms with van der Waals surface area (Å²) in [7, 11) is 1.82. The summed E-state index contributed by atoms with van der Waals surface area (Å²) in [6.07, 6.45) is 2.14. The lowest BCUT2D eigenvalue weighted by atomic mass is 9.59. The summed E-state index contributed by atoms with van der Waals surface area (Å²) in [4.78, 5) is 0. The molecule has 0 saturated heterocycles. The largest absolute Gasteiger partial charge is 0.389 e. The van der Waals surface area contributed by atoms with E-state index in [0.717, 1.165) is 19.3 Å². The number of aliphatic hydroxyl groups excluding tert-OH is 1. The topological polar surface area (TPSA) is 52.5 Å². The maximum Gasteiger partial charge on any atom is 0.108 e. The molecule has 3 heteroatoms. The lowest BCUT2D eigenvalue weighted by molar-refractivity contribution is -0.118. The van der Waals surface area contributed by atoms with Crippen molar-refractivity contribution >= 4 is 0 Å². The van der Waals surface area contributed by atoms with Gasteiger partial charge in [-0.2, -0.15) is 0 Å². The summed E-state index contributed by atoms with van der Waals surface area (Å²) in [6, 6.07) is 0. The van der Waals surface area contributed by atoms with Gasteiger partial charge in [0.2, 0.25) is 0 Å². The standard InChI is InChI=1S/C21H45NO2/c1-12-21(24,15(2)3)20(9,10)14-13-19(7,8)16(17(23)22-11)18(4,5)6/h15-17,22-24H,12-14H2,1-11H3/t16-,17?,21-/m1/s1. The molecule has 1 unspecified atom stereocenters. The minimum atomic E-state index is -0.665. The third-order valence-corrected chi connectivity index (χ3v) is 6.45. The maximum absolute atomic E-state index is 11.2. The molecule has 0 saturated carbocycles. The van der Waals surface area contributed by atoms with E-state index in [9.17, 15) is 10.2 Å². The summed E-state index contributed by atoms with van der Waals surface area (Å²) in [5.41, 5.74) is -0.874. The van der Waals surface area contributed by atoms with E-state index in [1.807, 2.05) is 7.05 Å². The Kier molecular flexibility index (Phi) is 8.01. The van der Waals surface area contributed by atoms with Crippen molar-refractivity contribution < 1.29 is 10.2 Å². The Bertz CT molecular complexity index is 382. The zero-order valence-electron chi connectivity index (χ0n) is 18.2. The molecule has 0 aromatic carbocycles.